The van der Waals surface area contributed by atoms with Crippen molar-refractivity contribution in [2.75, 3.05) is 73.6 Å². The molecule has 3 atom stereocenters. The first kappa shape index (κ1) is 33.2. The number of benzene rings is 1. The highest BCUT2D eigenvalue weighted by atomic mass is 16.5. The molecular weight excluding hydrogens is 544 g/mol. The molecule has 0 saturated carbocycles. The first-order valence-corrected chi connectivity index (χ1v) is 16.4. The van der Waals surface area contributed by atoms with Gasteiger partial charge in [-0.1, -0.05) is 39.3 Å². The van der Waals surface area contributed by atoms with Crippen molar-refractivity contribution >= 4 is 17.8 Å². The van der Waals surface area contributed by atoms with Crippen LogP contribution in [-0.2, 0) is 20.8 Å². The number of quaternary nitrogens is 1. The number of amides is 2. The molecule has 1 aromatic rings. The number of carboxylic acids is 1. The van der Waals surface area contributed by atoms with Gasteiger partial charge in [0.05, 0.1) is 46.8 Å². The van der Waals surface area contributed by atoms with Gasteiger partial charge in [0.1, 0.15) is 5.75 Å². The molecule has 2 fully saturated rings. The SMILES string of the molecule is CCCCN(CCCC[N+](C)(C)C)C(=O)CN1C[C@H](c2ccc3c(c2)CCO3)C(C(=O)O)[C@@H]1CCN1CCC(C)(C)C1=O. The van der Waals surface area contributed by atoms with E-state index < -0.39 is 11.9 Å². The highest BCUT2D eigenvalue weighted by molar-refractivity contribution is 5.84. The molecule has 3 aliphatic heterocycles. The summed E-state index contributed by atoms with van der Waals surface area (Å²) in [6.07, 6.45) is 6.15. The predicted octanol–water partition coefficient (Wildman–Crippen LogP) is 3.85. The summed E-state index contributed by atoms with van der Waals surface area (Å²) in [7, 11) is 6.56. The zero-order valence-electron chi connectivity index (χ0n) is 27.4. The van der Waals surface area contributed by atoms with Crippen molar-refractivity contribution in [3.8, 4) is 5.75 Å². The van der Waals surface area contributed by atoms with E-state index in [0.717, 1.165) is 79.5 Å². The van der Waals surface area contributed by atoms with Gasteiger partial charge in [-0.25, -0.2) is 0 Å². The van der Waals surface area contributed by atoms with Crippen molar-refractivity contribution in [1.82, 2.24) is 14.7 Å². The number of likely N-dealkylation sites (tertiary alicyclic amines) is 2. The second-order valence-electron chi connectivity index (χ2n) is 14.6. The lowest BCUT2D eigenvalue weighted by atomic mass is 9.83. The van der Waals surface area contributed by atoms with E-state index in [4.69, 9.17) is 4.74 Å². The standard InChI is InChI=1S/C34H54N4O5/c1-7-8-16-35(17-9-10-20-38(4,5)6)30(39)24-37-23-27(25-11-12-29-26(22-25)14-21-43-29)31(32(40)41)28(37)13-18-36-19-15-34(2,3)33(36)42/h11-12,22,27-28,31H,7-10,13-21,23-24H2,1-6H3/p+1/t27-,28+,31?/m1/s1. The Morgan fingerprint density at radius 1 is 1.14 bits per heavy atom. The average Bonchev–Trinajstić information content (AvgIpc) is 3.62. The van der Waals surface area contributed by atoms with Crippen LogP contribution >= 0.6 is 0 Å². The topological polar surface area (TPSA) is 90.4 Å². The number of unbranched alkanes of at least 4 members (excludes halogenated alkanes) is 2. The number of fused-ring (bicyclic) bond motifs is 1. The Balaban J connectivity index is 1.54. The summed E-state index contributed by atoms with van der Waals surface area (Å²) < 4.78 is 6.61. The fourth-order valence-corrected chi connectivity index (χ4v) is 7.05. The molecule has 43 heavy (non-hydrogen) atoms. The number of carbonyl (C=O) groups is 3. The van der Waals surface area contributed by atoms with Crippen LogP contribution in [0.4, 0.5) is 0 Å². The molecule has 3 aliphatic rings. The van der Waals surface area contributed by atoms with E-state index in [1.165, 1.54) is 0 Å². The first-order chi connectivity index (χ1) is 20.3. The zero-order chi connectivity index (χ0) is 31.4. The van der Waals surface area contributed by atoms with Gasteiger partial charge < -0.3 is 24.1 Å². The Hall–Kier alpha value is -2.65. The number of carboxylic acid groups (broad SMARTS) is 1. The van der Waals surface area contributed by atoms with Gasteiger partial charge in [0.25, 0.3) is 0 Å². The lowest BCUT2D eigenvalue weighted by Crippen LogP contribution is -2.46. The van der Waals surface area contributed by atoms with Gasteiger partial charge >= 0.3 is 5.97 Å². The minimum Gasteiger partial charge on any atom is -0.493 e. The third-order valence-electron chi connectivity index (χ3n) is 9.72. The molecule has 2 saturated heterocycles. The summed E-state index contributed by atoms with van der Waals surface area (Å²) in [6, 6.07) is 5.74. The van der Waals surface area contributed by atoms with Crippen LogP contribution in [0.5, 0.6) is 5.75 Å². The molecule has 0 aromatic heterocycles. The number of nitrogens with zero attached hydrogens (tertiary/aromatic N) is 4. The van der Waals surface area contributed by atoms with E-state index in [1.807, 2.05) is 35.8 Å². The molecule has 3 heterocycles. The highest BCUT2D eigenvalue weighted by Crippen LogP contribution is 2.41. The van der Waals surface area contributed by atoms with E-state index in [0.29, 0.717) is 32.7 Å². The number of hydrogen-bond acceptors (Lipinski definition) is 5. The summed E-state index contributed by atoms with van der Waals surface area (Å²) in [5.74, 6) is -0.640. The van der Waals surface area contributed by atoms with Gasteiger partial charge in [0.2, 0.25) is 11.8 Å². The number of hydrogen-bond donors (Lipinski definition) is 1. The normalized spacial score (nSPS) is 23.4. The number of rotatable bonds is 15. The summed E-state index contributed by atoms with van der Waals surface area (Å²) >= 11 is 0. The molecule has 9 heteroatoms. The number of aliphatic carboxylic acids is 1. The van der Waals surface area contributed by atoms with Gasteiger partial charge in [-0.15, -0.1) is 0 Å². The molecule has 9 nitrogen and oxygen atoms in total. The van der Waals surface area contributed by atoms with Crippen LogP contribution in [0.2, 0.25) is 0 Å². The first-order valence-electron chi connectivity index (χ1n) is 16.4. The molecule has 0 bridgehead atoms. The maximum Gasteiger partial charge on any atom is 0.308 e. The summed E-state index contributed by atoms with van der Waals surface area (Å²) in [5, 5.41) is 10.6. The predicted molar refractivity (Wildman–Crippen MR) is 168 cm³/mol. The monoisotopic (exact) mass is 599 g/mol. The number of carbonyl (C=O) groups excluding carboxylic acids is 2. The van der Waals surface area contributed by atoms with Crippen LogP contribution in [-0.4, -0.2) is 122 Å². The van der Waals surface area contributed by atoms with E-state index in [2.05, 4.69) is 39.0 Å². The van der Waals surface area contributed by atoms with Crippen molar-refractivity contribution in [2.45, 2.75) is 77.7 Å². The minimum atomic E-state index is -0.835. The maximum absolute atomic E-state index is 13.9. The minimum absolute atomic E-state index is 0.0780. The molecule has 0 aliphatic carbocycles. The van der Waals surface area contributed by atoms with Crippen LogP contribution in [0, 0.1) is 11.3 Å². The molecule has 240 valence electrons. The van der Waals surface area contributed by atoms with Crippen molar-refractivity contribution < 1.29 is 28.7 Å². The number of ether oxygens (including phenoxy) is 1. The quantitative estimate of drug-likeness (QED) is 0.243. The second-order valence-corrected chi connectivity index (χ2v) is 14.6. The molecule has 4 rings (SSSR count). The molecule has 1 unspecified atom stereocenters. The molecular formula is C34H55N4O5+. The Labute approximate surface area is 258 Å². The summed E-state index contributed by atoms with van der Waals surface area (Å²) in [6.45, 7) is 11.2. The van der Waals surface area contributed by atoms with E-state index in [9.17, 15) is 19.5 Å². The Kier molecular flexibility index (Phi) is 10.8. The third kappa shape index (κ3) is 8.29. The smallest absolute Gasteiger partial charge is 0.308 e. The van der Waals surface area contributed by atoms with Crippen LogP contribution in [0.15, 0.2) is 18.2 Å². The van der Waals surface area contributed by atoms with Gasteiger partial charge in [-0.3, -0.25) is 19.3 Å². The van der Waals surface area contributed by atoms with Crippen LogP contribution in [0.3, 0.4) is 0 Å². The fourth-order valence-electron chi connectivity index (χ4n) is 7.05. The van der Waals surface area contributed by atoms with Crippen molar-refractivity contribution in [2.24, 2.45) is 11.3 Å². The molecule has 1 N–H and O–H groups in total. The second kappa shape index (κ2) is 14.0. The van der Waals surface area contributed by atoms with Gasteiger partial charge in [0.15, 0.2) is 0 Å². The largest absolute Gasteiger partial charge is 0.493 e. The lowest BCUT2D eigenvalue weighted by molar-refractivity contribution is -0.870. The third-order valence-corrected chi connectivity index (χ3v) is 9.72. The molecule has 0 radical (unpaired) electrons. The fraction of sp³-hybridized carbons (Fsp3) is 0.735. The van der Waals surface area contributed by atoms with E-state index >= 15 is 0 Å². The van der Waals surface area contributed by atoms with Gasteiger partial charge in [-0.05, 0) is 49.3 Å². The average molecular weight is 600 g/mol. The zero-order valence-corrected chi connectivity index (χ0v) is 27.4. The molecule has 2 amide bonds. The van der Waals surface area contributed by atoms with Crippen LogP contribution in [0.25, 0.3) is 0 Å². The maximum atomic E-state index is 13.9. The van der Waals surface area contributed by atoms with E-state index in [1.54, 1.807) is 0 Å². The van der Waals surface area contributed by atoms with Gasteiger partial charge in [0, 0.05) is 56.5 Å². The van der Waals surface area contributed by atoms with Crippen molar-refractivity contribution in [1.29, 1.82) is 0 Å². The Bertz CT molecular complexity index is 1150. The Morgan fingerprint density at radius 3 is 2.53 bits per heavy atom. The van der Waals surface area contributed by atoms with Crippen molar-refractivity contribution in [3.05, 3.63) is 29.3 Å². The van der Waals surface area contributed by atoms with Crippen LogP contribution < -0.4 is 4.74 Å². The van der Waals surface area contributed by atoms with E-state index in [-0.39, 0.29) is 35.7 Å². The summed E-state index contributed by atoms with van der Waals surface area (Å²) in [5.41, 5.74) is 1.74. The van der Waals surface area contributed by atoms with Crippen molar-refractivity contribution in [3.63, 3.8) is 0 Å². The highest BCUT2D eigenvalue weighted by Gasteiger charge is 2.48. The lowest BCUT2D eigenvalue weighted by Gasteiger charge is -2.31. The van der Waals surface area contributed by atoms with Crippen LogP contribution in [0.1, 0.15) is 76.3 Å². The molecule has 0 spiro atoms. The van der Waals surface area contributed by atoms with Gasteiger partial charge in [-0.2, -0.15) is 0 Å². The molecule has 1 aromatic carbocycles. The summed E-state index contributed by atoms with van der Waals surface area (Å²) in [4.78, 5) is 45.8. The Morgan fingerprint density at radius 2 is 1.88 bits per heavy atom.